The van der Waals surface area contributed by atoms with E-state index in [-0.39, 0.29) is 12.7 Å². The van der Waals surface area contributed by atoms with Crippen LogP contribution in [-0.2, 0) is 9.59 Å². The van der Waals surface area contributed by atoms with E-state index in [1.165, 1.54) is 0 Å². The van der Waals surface area contributed by atoms with Crippen LogP contribution in [0.2, 0.25) is 0 Å². The van der Waals surface area contributed by atoms with Crippen molar-refractivity contribution in [3.8, 4) is 0 Å². The number of aldehydes is 1. The molecule has 0 bridgehead atoms. The molecular weight excluding hydrogens is 262 g/mol. The van der Waals surface area contributed by atoms with Gasteiger partial charge in [0.25, 0.3) is 0 Å². The minimum Gasteiger partial charge on any atom is -0.481 e. The first-order valence-corrected chi connectivity index (χ1v) is 5.52. The van der Waals surface area contributed by atoms with Crippen molar-refractivity contribution >= 4 is 12.3 Å². The quantitative estimate of drug-likeness (QED) is 0.221. The number of carbonyl (C=O) groups is 2. The molecule has 4 atom stereocenters. The first-order chi connectivity index (χ1) is 8.81. The number of hydrogen-bond donors (Lipinski definition) is 7. The highest BCUT2D eigenvalue weighted by molar-refractivity contribution is 5.66. The summed E-state index contributed by atoms with van der Waals surface area (Å²) in [4.78, 5) is 19.6. The molecule has 9 nitrogen and oxygen atoms in total. The van der Waals surface area contributed by atoms with E-state index in [1.807, 2.05) is 0 Å². The summed E-state index contributed by atoms with van der Waals surface area (Å²) < 4.78 is 0. The van der Waals surface area contributed by atoms with Crippen LogP contribution in [0.1, 0.15) is 12.8 Å². The van der Waals surface area contributed by atoms with Crippen molar-refractivity contribution in [2.24, 2.45) is 5.73 Å². The van der Waals surface area contributed by atoms with Crippen LogP contribution in [-0.4, -0.2) is 80.5 Å². The Kier molecular flexibility index (Phi) is 12.7. The van der Waals surface area contributed by atoms with Crippen LogP contribution in [0, 0.1) is 0 Å². The number of rotatable bonds is 8. The van der Waals surface area contributed by atoms with Crippen molar-refractivity contribution in [3.63, 3.8) is 0 Å². The van der Waals surface area contributed by atoms with E-state index in [4.69, 9.17) is 36.4 Å². The Hall–Kier alpha value is -1.10. The highest BCUT2D eigenvalue weighted by Gasteiger charge is 2.29. The fourth-order valence-corrected chi connectivity index (χ4v) is 0.871. The SMILES string of the molecule is NCCCC(=O)O.O=C[C@H](O)[C@@H](O)[C@H](O)[C@H](O)CO. The molecule has 0 rings (SSSR count). The number of aliphatic hydroxyl groups is 5. The third-order valence-electron chi connectivity index (χ3n) is 2.02. The van der Waals surface area contributed by atoms with Gasteiger partial charge in [-0.3, -0.25) is 4.79 Å². The zero-order valence-corrected chi connectivity index (χ0v) is 10.3. The molecule has 0 saturated carbocycles. The van der Waals surface area contributed by atoms with Gasteiger partial charge in [0, 0.05) is 6.42 Å². The molecule has 0 spiro atoms. The van der Waals surface area contributed by atoms with Gasteiger partial charge in [0.1, 0.15) is 24.4 Å². The Balaban J connectivity index is 0. The van der Waals surface area contributed by atoms with Crippen LogP contribution < -0.4 is 5.73 Å². The van der Waals surface area contributed by atoms with E-state index in [0.29, 0.717) is 13.0 Å². The minimum atomic E-state index is -1.79. The summed E-state index contributed by atoms with van der Waals surface area (Å²) in [5.41, 5.74) is 5.01. The Morgan fingerprint density at radius 3 is 1.95 bits per heavy atom. The lowest BCUT2D eigenvalue weighted by Gasteiger charge is -2.22. The van der Waals surface area contributed by atoms with Crippen LogP contribution in [0.4, 0.5) is 0 Å². The van der Waals surface area contributed by atoms with E-state index in [1.54, 1.807) is 0 Å². The zero-order chi connectivity index (χ0) is 15.4. The summed E-state index contributed by atoms with van der Waals surface area (Å²) in [6.45, 7) is -0.296. The first-order valence-electron chi connectivity index (χ1n) is 5.52. The molecule has 0 aliphatic heterocycles. The van der Waals surface area contributed by atoms with Crippen LogP contribution in [0.3, 0.4) is 0 Å². The predicted octanol–water partition coefficient (Wildman–Crippen LogP) is -3.57. The molecule has 0 aliphatic carbocycles. The van der Waals surface area contributed by atoms with Crippen molar-refractivity contribution in [3.05, 3.63) is 0 Å². The van der Waals surface area contributed by atoms with E-state index in [0.717, 1.165) is 0 Å². The molecule has 0 aliphatic rings. The largest absolute Gasteiger partial charge is 0.481 e. The summed E-state index contributed by atoms with van der Waals surface area (Å²) >= 11 is 0. The highest BCUT2D eigenvalue weighted by atomic mass is 16.4. The molecule has 0 saturated heterocycles. The lowest BCUT2D eigenvalue weighted by molar-refractivity contribution is -0.137. The third kappa shape index (κ3) is 10.5. The Morgan fingerprint density at radius 2 is 1.68 bits per heavy atom. The zero-order valence-electron chi connectivity index (χ0n) is 10.3. The highest BCUT2D eigenvalue weighted by Crippen LogP contribution is 2.02. The average molecular weight is 283 g/mol. The summed E-state index contributed by atoms with van der Waals surface area (Å²) in [6.07, 6.45) is -6.07. The van der Waals surface area contributed by atoms with E-state index < -0.39 is 37.0 Å². The minimum absolute atomic E-state index is 0.0258. The fraction of sp³-hybridized carbons (Fsp3) is 0.800. The molecule has 0 aromatic rings. The fourth-order valence-electron chi connectivity index (χ4n) is 0.871. The first kappa shape index (κ1) is 20.2. The van der Waals surface area contributed by atoms with Gasteiger partial charge in [-0.25, -0.2) is 0 Å². The van der Waals surface area contributed by atoms with Crippen molar-refractivity contribution in [2.45, 2.75) is 37.3 Å². The van der Waals surface area contributed by atoms with Gasteiger partial charge in [0.2, 0.25) is 0 Å². The summed E-state index contributed by atoms with van der Waals surface area (Å²) in [7, 11) is 0. The Morgan fingerprint density at radius 1 is 1.16 bits per heavy atom. The second kappa shape index (κ2) is 12.0. The van der Waals surface area contributed by atoms with Crippen molar-refractivity contribution in [2.75, 3.05) is 13.2 Å². The molecule has 114 valence electrons. The van der Waals surface area contributed by atoms with Gasteiger partial charge >= 0.3 is 5.97 Å². The summed E-state index contributed by atoms with van der Waals surface area (Å²) in [5.74, 6) is -0.773. The van der Waals surface area contributed by atoms with Crippen molar-refractivity contribution in [1.82, 2.24) is 0 Å². The van der Waals surface area contributed by atoms with Gasteiger partial charge in [-0.05, 0) is 13.0 Å². The van der Waals surface area contributed by atoms with Crippen LogP contribution in [0.15, 0.2) is 0 Å². The van der Waals surface area contributed by atoms with Gasteiger partial charge in [0.15, 0.2) is 6.29 Å². The van der Waals surface area contributed by atoms with Gasteiger partial charge in [-0.1, -0.05) is 0 Å². The number of carbonyl (C=O) groups excluding carboxylic acids is 1. The van der Waals surface area contributed by atoms with Crippen LogP contribution >= 0.6 is 0 Å². The molecule has 0 aromatic heterocycles. The van der Waals surface area contributed by atoms with Crippen molar-refractivity contribution in [1.29, 1.82) is 0 Å². The summed E-state index contributed by atoms with van der Waals surface area (Å²) in [5, 5.41) is 51.5. The number of aliphatic hydroxyl groups excluding tert-OH is 5. The maximum Gasteiger partial charge on any atom is 0.303 e. The molecule has 0 aromatic carbocycles. The molecule has 0 heterocycles. The second-order valence-corrected chi connectivity index (χ2v) is 3.64. The molecule has 8 N–H and O–H groups in total. The molecule has 0 unspecified atom stereocenters. The molecule has 9 heteroatoms. The molecule has 19 heavy (non-hydrogen) atoms. The summed E-state index contributed by atoms with van der Waals surface area (Å²) in [6, 6.07) is 0. The standard InChI is InChI=1S/C6H12O6.C4H9NO2/c7-1-3(9)5(11)6(12)4(10)2-8;5-3-1-2-4(6)7/h1,3-6,8-12H,2H2;1-3,5H2,(H,6,7)/t3-,4+,5+,6+;/m0./s1. The molecular formula is C10H21NO8. The number of nitrogens with two attached hydrogens (primary N) is 1. The van der Waals surface area contributed by atoms with Crippen molar-refractivity contribution < 1.29 is 40.2 Å². The monoisotopic (exact) mass is 283 g/mol. The van der Waals surface area contributed by atoms with Crippen LogP contribution in [0.25, 0.3) is 0 Å². The maximum atomic E-state index is 9.90. The average Bonchev–Trinajstić information content (AvgIpc) is 2.42. The molecule has 0 fully saturated rings. The third-order valence-corrected chi connectivity index (χ3v) is 2.02. The second-order valence-electron chi connectivity index (χ2n) is 3.64. The molecule has 0 radical (unpaired) electrons. The molecule has 0 amide bonds. The van der Waals surface area contributed by atoms with Gasteiger partial charge in [-0.15, -0.1) is 0 Å². The number of aliphatic carboxylic acids is 1. The van der Waals surface area contributed by atoms with E-state index in [2.05, 4.69) is 0 Å². The predicted molar refractivity (Wildman–Crippen MR) is 63.1 cm³/mol. The van der Waals surface area contributed by atoms with Gasteiger partial charge < -0.3 is 41.2 Å². The van der Waals surface area contributed by atoms with Crippen LogP contribution in [0.5, 0.6) is 0 Å². The normalized spacial score (nSPS) is 16.5. The topological polar surface area (TPSA) is 182 Å². The maximum absolute atomic E-state index is 9.90. The number of carboxylic acid groups (broad SMARTS) is 1. The van der Waals surface area contributed by atoms with E-state index in [9.17, 15) is 9.59 Å². The number of hydrogen-bond acceptors (Lipinski definition) is 8. The lowest BCUT2D eigenvalue weighted by atomic mass is 10.0. The van der Waals surface area contributed by atoms with Gasteiger partial charge in [-0.2, -0.15) is 0 Å². The van der Waals surface area contributed by atoms with E-state index >= 15 is 0 Å². The Labute approximate surface area is 109 Å². The lowest BCUT2D eigenvalue weighted by Crippen LogP contribution is -2.46. The smallest absolute Gasteiger partial charge is 0.303 e. The number of carboxylic acids is 1. The van der Waals surface area contributed by atoms with Gasteiger partial charge in [0.05, 0.1) is 6.61 Å². The Bertz CT molecular complexity index is 250.